The molecule has 4 fully saturated rings. The molecule has 0 atom stereocenters. The molecule has 104 valence electrons. The van der Waals surface area contributed by atoms with Gasteiger partial charge in [-0.25, -0.2) is 4.98 Å². The summed E-state index contributed by atoms with van der Waals surface area (Å²) in [6.45, 7) is 2.63. The molecule has 19 heavy (non-hydrogen) atoms. The van der Waals surface area contributed by atoms with Crippen molar-refractivity contribution in [3.63, 3.8) is 0 Å². The van der Waals surface area contributed by atoms with Gasteiger partial charge in [0.15, 0.2) is 5.89 Å². The van der Waals surface area contributed by atoms with E-state index in [4.69, 9.17) is 15.1 Å². The van der Waals surface area contributed by atoms with Gasteiger partial charge in [-0.05, 0) is 62.3 Å². The van der Waals surface area contributed by atoms with E-state index in [0.717, 1.165) is 41.7 Å². The zero-order chi connectivity index (χ0) is 13.0. The van der Waals surface area contributed by atoms with Gasteiger partial charge in [-0.3, -0.25) is 0 Å². The van der Waals surface area contributed by atoms with Crippen molar-refractivity contribution in [2.75, 3.05) is 6.54 Å². The molecule has 0 aliphatic heterocycles. The SMILES string of the molecule is Cc1nc(C2C3CC4CC(C3)CC2C4)c(CCN)o1. The van der Waals surface area contributed by atoms with E-state index in [9.17, 15) is 0 Å². The fraction of sp³-hybridized carbons (Fsp3) is 0.812. The summed E-state index contributed by atoms with van der Waals surface area (Å²) >= 11 is 0. The number of nitrogens with zero attached hydrogens (tertiary/aromatic N) is 1. The van der Waals surface area contributed by atoms with Gasteiger partial charge in [-0.1, -0.05) is 0 Å². The topological polar surface area (TPSA) is 52.0 Å². The average molecular weight is 260 g/mol. The Bertz CT molecular complexity index is 451. The molecule has 0 radical (unpaired) electrons. The highest BCUT2D eigenvalue weighted by Gasteiger charge is 2.50. The van der Waals surface area contributed by atoms with E-state index >= 15 is 0 Å². The number of aromatic nitrogens is 1. The quantitative estimate of drug-likeness (QED) is 0.909. The molecule has 0 amide bonds. The summed E-state index contributed by atoms with van der Waals surface area (Å²) in [6, 6.07) is 0. The summed E-state index contributed by atoms with van der Waals surface area (Å²) in [7, 11) is 0. The summed E-state index contributed by atoms with van der Waals surface area (Å²) in [5.41, 5.74) is 7.00. The normalized spacial score (nSPS) is 40.0. The highest BCUT2D eigenvalue weighted by molar-refractivity contribution is 5.21. The Kier molecular flexibility index (Phi) is 2.73. The van der Waals surface area contributed by atoms with Crippen LogP contribution in [0.2, 0.25) is 0 Å². The minimum atomic E-state index is 0.662. The number of hydrogen-bond donors (Lipinski definition) is 1. The first-order chi connectivity index (χ1) is 9.24. The molecule has 1 aromatic rings. The molecule has 3 nitrogen and oxygen atoms in total. The minimum Gasteiger partial charge on any atom is -0.446 e. The summed E-state index contributed by atoms with van der Waals surface area (Å²) in [4.78, 5) is 4.75. The molecule has 0 unspecified atom stereocenters. The fourth-order valence-corrected chi connectivity index (χ4v) is 5.43. The van der Waals surface area contributed by atoms with Crippen LogP contribution in [0.5, 0.6) is 0 Å². The Labute approximate surface area is 115 Å². The van der Waals surface area contributed by atoms with Crippen molar-refractivity contribution in [2.24, 2.45) is 29.4 Å². The van der Waals surface area contributed by atoms with Crippen molar-refractivity contribution in [1.82, 2.24) is 4.98 Å². The lowest BCUT2D eigenvalue weighted by Gasteiger charge is -2.54. The molecule has 5 rings (SSSR count). The monoisotopic (exact) mass is 260 g/mol. The third kappa shape index (κ3) is 1.85. The molecule has 1 aromatic heterocycles. The predicted octanol–water partition coefficient (Wildman–Crippen LogP) is 3.02. The van der Waals surface area contributed by atoms with Crippen molar-refractivity contribution < 1.29 is 4.42 Å². The Hall–Kier alpha value is -0.830. The second-order valence-electron chi connectivity index (χ2n) is 7.04. The van der Waals surface area contributed by atoms with E-state index in [1.54, 1.807) is 0 Å². The van der Waals surface area contributed by atoms with Gasteiger partial charge < -0.3 is 10.2 Å². The molecule has 1 heterocycles. The minimum absolute atomic E-state index is 0.662. The van der Waals surface area contributed by atoms with Crippen LogP contribution in [0.15, 0.2) is 4.42 Å². The second kappa shape index (κ2) is 4.34. The molecule has 0 spiro atoms. The smallest absolute Gasteiger partial charge is 0.191 e. The third-order valence-electron chi connectivity index (χ3n) is 5.75. The van der Waals surface area contributed by atoms with Crippen LogP contribution < -0.4 is 5.73 Å². The van der Waals surface area contributed by atoms with Crippen molar-refractivity contribution in [3.05, 3.63) is 17.3 Å². The molecule has 4 saturated carbocycles. The molecule has 2 N–H and O–H groups in total. The second-order valence-corrected chi connectivity index (χ2v) is 7.04. The van der Waals surface area contributed by atoms with E-state index in [2.05, 4.69) is 0 Å². The maximum atomic E-state index is 5.82. The zero-order valence-electron chi connectivity index (χ0n) is 11.8. The van der Waals surface area contributed by atoms with E-state index in [-0.39, 0.29) is 0 Å². The van der Waals surface area contributed by atoms with Crippen LogP contribution in [0.4, 0.5) is 0 Å². The van der Waals surface area contributed by atoms with Crippen LogP contribution in [0.1, 0.15) is 55.4 Å². The van der Waals surface area contributed by atoms with Gasteiger partial charge in [0.05, 0.1) is 5.69 Å². The van der Waals surface area contributed by atoms with Crippen LogP contribution in [0, 0.1) is 30.6 Å². The van der Waals surface area contributed by atoms with Crippen molar-refractivity contribution in [1.29, 1.82) is 0 Å². The molecule has 3 heteroatoms. The molecular formula is C16H24N2O. The van der Waals surface area contributed by atoms with E-state index in [1.807, 2.05) is 6.92 Å². The molecule has 0 saturated heterocycles. The molecule has 4 aliphatic carbocycles. The summed E-state index contributed by atoms with van der Waals surface area (Å²) in [5.74, 6) is 6.36. The van der Waals surface area contributed by atoms with Crippen molar-refractivity contribution in [3.8, 4) is 0 Å². The Morgan fingerprint density at radius 1 is 1.11 bits per heavy atom. The van der Waals surface area contributed by atoms with Crippen LogP contribution in [-0.4, -0.2) is 11.5 Å². The first kappa shape index (κ1) is 12.0. The fourth-order valence-electron chi connectivity index (χ4n) is 5.43. The zero-order valence-corrected chi connectivity index (χ0v) is 11.8. The number of rotatable bonds is 3. The number of nitrogens with two attached hydrogens (primary N) is 1. The van der Waals surface area contributed by atoms with Crippen LogP contribution in [-0.2, 0) is 6.42 Å². The van der Waals surface area contributed by atoms with Gasteiger partial charge in [0, 0.05) is 19.3 Å². The van der Waals surface area contributed by atoms with Crippen molar-refractivity contribution in [2.45, 2.75) is 51.4 Å². The van der Waals surface area contributed by atoms with Gasteiger partial charge in [0.25, 0.3) is 0 Å². The summed E-state index contributed by atoms with van der Waals surface area (Å²) < 4.78 is 5.82. The Balaban J connectivity index is 1.68. The maximum absolute atomic E-state index is 5.82. The molecular weight excluding hydrogens is 236 g/mol. The van der Waals surface area contributed by atoms with Crippen LogP contribution >= 0.6 is 0 Å². The first-order valence-electron chi connectivity index (χ1n) is 7.91. The molecule has 4 bridgehead atoms. The summed E-state index contributed by atoms with van der Waals surface area (Å²) in [5, 5.41) is 0. The lowest BCUT2D eigenvalue weighted by atomic mass is 9.51. The summed E-state index contributed by atoms with van der Waals surface area (Å²) in [6.07, 6.45) is 8.10. The van der Waals surface area contributed by atoms with Gasteiger partial charge in [-0.2, -0.15) is 0 Å². The van der Waals surface area contributed by atoms with Crippen LogP contribution in [0.3, 0.4) is 0 Å². The van der Waals surface area contributed by atoms with E-state index < -0.39 is 0 Å². The first-order valence-corrected chi connectivity index (χ1v) is 7.91. The number of oxazole rings is 1. The largest absolute Gasteiger partial charge is 0.446 e. The van der Waals surface area contributed by atoms with Gasteiger partial charge in [0.2, 0.25) is 0 Å². The average Bonchev–Trinajstić information content (AvgIpc) is 2.69. The predicted molar refractivity (Wildman–Crippen MR) is 73.8 cm³/mol. The van der Waals surface area contributed by atoms with Gasteiger partial charge in [-0.15, -0.1) is 0 Å². The van der Waals surface area contributed by atoms with Crippen molar-refractivity contribution >= 4 is 0 Å². The lowest BCUT2D eigenvalue weighted by molar-refractivity contribution is -0.00455. The maximum Gasteiger partial charge on any atom is 0.191 e. The molecule has 4 aliphatic rings. The van der Waals surface area contributed by atoms with E-state index in [0.29, 0.717) is 12.5 Å². The highest BCUT2D eigenvalue weighted by atomic mass is 16.4. The Morgan fingerprint density at radius 2 is 1.74 bits per heavy atom. The third-order valence-corrected chi connectivity index (χ3v) is 5.75. The number of hydrogen-bond acceptors (Lipinski definition) is 3. The standard InChI is InChI=1S/C16H24N2O/c1-9-18-16(14(19-9)2-3-17)15-12-5-10-4-11(7-12)8-13(15)6-10/h10-13,15H,2-8,17H2,1H3. The van der Waals surface area contributed by atoms with Gasteiger partial charge in [0.1, 0.15) is 5.76 Å². The van der Waals surface area contributed by atoms with Crippen LogP contribution in [0.25, 0.3) is 0 Å². The highest BCUT2D eigenvalue weighted by Crippen LogP contribution is 2.59. The van der Waals surface area contributed by atoms with Gasteiger partial charge >= 0.3 is 0 Å². The van der Waals surface area contributed by atoms with E-state index in [1.165, 1.54) is 37.8 Å². The number of aryl methyl sites for hydroxylation is 1. The lowest BCUT2D eigenvalue weighted by Crippen LogP contribution is -2.44. The molecule has 0 aromatic carbocycles. The Morgan fingerprint density at radius 3 is 2.32 bits per heavy atom.